The first-order valence-corrected chi connectivity index (χ1v) is 5.98. The standard InChI is InChI=1S/C13H15ClN3O/c1-15-7-8-17(10-15)13(18)16(2)9-11-5-3-4-6-12(11)14/h3-8,10H,9H2,1-2H3/q+1. The van der Waals surface area contributed by atoms with Gasteiger partial charge in [-0.2, -0.15) is 4.57 Å². The number of carbonyl (C=O) groups excluding carboxylic acids is 1. The fourth-order valence-electron chi connectivity index (χ4n) is 1.71. The normalized spacial score (nSPS) is 10.4. The first-order chi connectivity index (χ1) is 8.58. The highest BCUT2D eigenvalue weighted by Gasteiger charge is 2.17. The fraction of sp³-hybridized carbons (Fsp3) is 0.231. The molecule has 5 heteroatoms. The van der Waals surface area contributed by atoms with Crippen molar-refractivity contribution in [3.05, 3.63) is 53.6 Å². The van der Waals surface area contributed by atoms with E-state index in [4.69, 9.17) is 11.6 Å². The quantitative estimate of drug-likeness (QED) is 0.764. The van der Waals surface area contributed by atoms with E-state index in [0.29, 0.717) is 11.6 Å². The molecule has 0 aliphatic rings. The second kappa shape index (κ2) is 5.23. The third kappa shape index (κ3) is 2.71. The Kier molecular flexibility index (Phi) is 3.67. The molecule has 0 spiro atoms. The molecule has 0 saturated carbocycles. The van der Waals surface area contributed by atoms with Crippen molar-refractivity contribution in [1.29, 1.82) is 0 Å². The van der Waals surface area contributed by atoms with E-state index in [9.17, 15) is 4.79 Å². The second-order valence-corrected chi connectivity index (χ2v) is 4.62. The third-order valence-corrected chi connectivity index (χ3v) is 3.05. The minimum Gasteiger partial charge on any atom is -0.303 e. The van der Waals surface area contributed by atoms with Gasteiger partial charge in [-0.1, -0.05) is 29.8 Å². The van der Waals surface area contributed by atoms with Gasteiger partial charge in [0, 0.05) is 12.1 Å². The summed E-state index contributed by atoms with van der Waals surface area (Å²) in [7, 11) is 3.63. The number of rotatable bonds is 2. The summed E-state index contributed by atoms with van der Waals surface area (Å²) < 4.78 is 3.36. The highest BCUT2D eigenvalue weighted by atomic mass is 35.5. The van der Waals surface area contributed by atoms with Crippen LogP contribution in [0.1, 0.15) is 5.56 Å². The van der Waals surface area contributed by atoms with Crippen LogP contribution in [0.5, 0.6) is 0 Å². The largest absolute Gasteiger partial charge is 0.415 e. The molecular formula is C13H15ClN3O+. The second-order valence-electron chi connectivity index (χ2n) is 4.22. The predicted molar refractivity (Wildman–Crippen MR) is 69.3 cm³/mol. The van der Waals surface area contributed by atoms with Gasteiger partial charge in [0.15, 0.2) is 0 Å². The van der Waals surface area contributed by atoms with Gasteiger partial charge in [0.1, 0.15) is 12.4 Å². The van der Waals surface area contributed by atoms with Crippen LogP contribution in [0, 0.1) is 0 Å². The molecular weight excluding hydrogens is 250 g/mol. The van der Waals surface area contributed by atoms with Gasteiger partial charge >= 0.3 is 6.03 Å². The molecule has 2 aromatic rings. The number of aromatic nitrogens is 2. The van der Waals surface area contributed by atoms with Crippen LogP contribution in [-0.2, 0) is 13.6 Å². The summed E-state index contributed by atoms with van der Waals surface area (Å²) in [4.78, 5) is 13.7. The van der Waals surface area contributed by atoms with Gasteiger partial charge in [0.25, 0.3) is 6.33 Å². The van der Waals surface area contributed by atoms with Crippen LogP contribution in [0.4, 0.5) is 4.79 Å². The van der Waals surface area contributed by atoms with Crippen LogP contribution in [0.25, 0.3) is 0 Å². The Morgan fingerprint density at radius 3 is 2.78 bits per heavy atom. The molecule has 0 bridgehead atoms. The fourth-order valence-corrected chi connectivity index (χ4v) is 1.91. The number of carbonyl (C=O) groups is 1. The average molecular weight is 265 g/mol. The monoisotopic (exact) mass is 264 g/mol. The zero-order chi connectivity index (χ0) is 13.1. The Morgan fingerprint density at radius 2 is 2.17 bits per heavy atom. The van der Waals surface area contributed by atoms with Crippen molar-refractivity contribution in [2.75, 3.05) is 7.05 Å². The topological polar surface area (TPSA) is 29.1 Å². The number of hydrogen-bond acceptors (Lipinski definition) is 1. The van der Waals surface area contributed by atoms with E-state index in [2.05, 4.69) is 0 Å². The van der Waals surface area contributed by atoms with Crippen LogP contribution in [0.3, 0.4) is 0 Å². The molecule has 4 nitrogen and oxygen atoms in total. The van der Waals surface area contributed by atoms with E-state index in [0.717, 1.165) is 5.56 Å². The lowest BCUT2D eigenvalue weighted by atomic mass is 10.2. The summed E-state index contributed by atoms with van der Waals surface area (Å²) in [5.41, 5.74) is 0.937. The maximum absolute atomic E-state index is 12.1. The van der Waals surface area contributed by atoms with Gasteiger partial charge < -0.3 is 4.90 Å². The molecule has 0 atom stereocenters. The number of aryl methyl sites for hydroxylation is 1. The van der Waals surface area contributed by atoms with E-state index < -0.39 is 0 Å². The Hall–Kier alpha value is -1.81. The molecule has 0 N–H and O–H groups in total. The number of amides is 1. The third-order valence-electron chi connectivity index (χ3n) is 2.68. The number of imidazole rings is 1. The summed E-state index contributed by atoms with van der Waals surface area (Å²) in [6.45, 7) is 0.487. The first kappa shape index (κ1) is 12.6. The molecule has 0 saturated heterocycles. The molecule has 2 rings (SSSR count). The lowest BCUT2D eigenvalue weighted by Gasteiger charge is -2.14. The number of benzene rings is 1. The molecule has 0 radical (unpaired) electrons. The Labute approximate surface area is 111 Å². The molecule has 0 unspecified atom stereocenters. The molecule has 1 aromatic carbocycles. The van der Waals surface area contributed by atoms with Gasteiger partial charge in [-0.25, -0.2) is 9.36 Å². The lowest BCUT2D eigenvalue weighted by Crippen LogP contribution is -2.32. The highest BCUT2D eigenvalue weighted by molar-refractivity contribution is 6.31. The van der Waals surface area contributed by atoms with Gasteiger partial charge in [-0.05, 0) is 11.6 Å². The van der Waals surface area contributed by atoms with Crippen molar-refractivity contribution in [2.24, 2.45) is 7.05 Å². The summed E-state index contributed by atoms with van der Waals surface area (Å²) in [6, 6.07) is 7.44. The SMILES string of the molecule is CN(Cc1ccccc1Cl)C(=O)n1cc[n+](C)c1. The molecule has 1 amide bonds. The molecule has 18 heavy (non-hydrogen) atoms. The van der Waals surface area contributed by atoms with Crippen LogP contribution in [-0.4, -0.2) is 22.5 Å². The molecule has 94 valence electrons. The zero-order valence-electron chi connectivity index (χ0n) is 10.4. The summed E-state index contributed by atoms with van der Waals surface area (Å²) in [5.74, 6) is 0. The van der Waals surface area contributed by atoms with Crippen LogP contribution < -0.4 is 4.57 Å². The van der Waals surface area contributed by atoms with Gasteiger partial charge in [-0.15, -0.1) is 0 Å². The molecule has 1 aromatic heterocycles. The Bertz CT molecular complexity index is 565. The van der Waals surface area contributed by atoms with Gasteiger partial charge in [0.2, 0.25) is 0 Å². The van der Waals surface area contributed by atoms with E-state index in [1.165, 1.54) is 4.57 Å². The van der Waals surface area contributed by atoms with Crippen LogP contribution in [0.2, 0.25) is 5.02 Å². The average Bonchev–Trinajstić information content (AvgIpc) is 2.78. The molecule has 0 aliphatic heterocycles. The van der Waals surface area contributed by atoms with Crippen molar-refractivity contribution in [3.8, 4) is 0 Å². The first-order valence-electron chi connectivity index (χ1n) is 5.60. The maximum atomic E-state index is 12.1. The molecule has 0 aliphatic carbocycles. The zero-order valence-corrected chi connectivity index (χ0v) is 11.1. The number of hydrogen-bond donors (Lipinski definition) is 0. The minimum absolute atomic E-state index is 0.0875. The van der Waals surface area contributed by atoms with E-state index in [1.54, 1.807) is 24.5 Å². The minimum atomic E-state index is -0.0875. The Morgan fingerprint density at radius 1 is 1.44 bits per heavy atom. The number of halogens is 1. The molecule has 1 heterocycles. The molecule has 0 fully saturated rings. The van der Waals surface area contributed by atoms with Crippen molar-refractivity contribution >= 4 is 17.6 Å². The van der Waals surface area contributed by atoms with E-state index in [-0.39, 0.29) is 6.03 Å². The maximum Gasteiger partial charge on any atom is 0.415 e. The van der Waals surface area contributed by atoms with Crippen molar-refractivity contribution < 1.29 is 9.36 Å². The highest BCUT2D eigenvalue weighted by Crippen LogP contribution is 2.16. The summed E-state index contributed by atoms with van der Waals surface area (Å²) >= 11 is 6.07. The Balaban J connectivity index is 2.11. The van der Waals surface area contributed by atoms with Gasteiger partial charge in [-0.3, -0.25) is 0 Å². The van der Waals surface area contributed by atoms with Crippen molar-refractivity contribution in [2.45, 2.75) is 6.54 Å². The number of nitrogens with zero attached hydrogens (tertiary/aromatic N) is 3. The summed E-state index contributed by atoms with van der Waals surface area (Å²) in [5, 5.41) is 0.676. The summed E-state index contributed by atoms with van der Waals surface area (Å²) in [6.07, 6.45) is 5.28. The smallest absolute Gasteiger partial charge is 0.303 e. The van der Waals surface area contributed by atoms with Gasteiger partial charge in [0.05, 0.1) is 13.6 Å². The van der Waals surface area contributed by atoms with E-state index in [1.807, 2.05) is 42.1 Å². The lowest BCUT2D eigenvalue weighted by molar-refractivity contribution is -0.670. The predicted octanol–water partition coefficient (Wildman–Crippen LogP) is 2.07. The van der Waals surface area contributed by atoms with Crippen molar-refractivity contribution in [3.63, 3.8) is 0 Å². The van der Waals surface area contributed by atoms with Crippen molar-refractivity contribution in [1.82, 2.24) is 9.47 Å². The van der Waals surface area contributed by atoms with Crippen LogP contribution >= 0.6 is 11.6 Å². The van der Waals surface area contributed by atoms with Crippen LogP contribution in [0.15, 0.2) is 43.0 Å². The van der Waals surface area contributed by atoms with E-state index >= 15 is 0 Å².